The predicted molar refractivity (Wildman–Crippen MR) is 184 cm³/mol. The molecule has 9 nitrogen and oxygen atoms in total. The molecule has 1 atom stereocenters. The normalized spacial score (nSPS) is 14.6. The van der Waals surface area contributed by atoms with E-state index in [9.17, 15) is 20.0 Å². The standard InChI is InChI=1S/C38H39ClN4O5/c1-4-42-37(44)32-12-8-11-31(25(32)3)30-10-7-9-28(24(30)2)23-48-36-17-35(47-22-27-15-26(18-40)19-41-20-27)29(16-33(36)39)21-43-14-6-5-13-34(43)38(45)46/h7-12,15-17,19-20,34H,4-6,13-14,21-23H2,1-3H3,(H,42,44)(H,45,46). The van der Waals surface area contributed by atoms with E-state index in [1.165, 1.54) is 6.20 Å². The van der Waals surface area contributed by atoms with Crippen LogP contribution >= 0.6 is 11.6 Å². The van der Waals surface area contributed by atoms with E-state index in [4.69, 9.17) is 21.1 Å². The smallest absolute Gasteiger partial charge is 0.320 e. The number of carbonyl (C=O) groups is 2. The molecule has 5 rings (SSSR count). The van der Waals surface area contributed by atoms with E-state index >= 15 is 0 Å². The van der Waals surface area contributed by atoms with Crippen molar-refractivity contribution in [2.24, 2.45) is 0 Å². The number of aromatic nitrogens is 1. The van der Waals surface area contributed by atoms with Gasteiger partial charge in [0.1, 0.15) is 36.8 Å². The van der Waals surface area contributed by atoms with Gasteiger partial charge in [0.25, 0.3) is 5.91 Å². The lowest BCUT2D eigenvalue weighted by Gasteiger charge is -2.33. The van der Waals surface area contributed by atoms with Crippen LogP contribution in [-0.2, 0) is 24.6 Å². The first-order valence-electron chi connectivity index (χ1n) is 16.1. The second-order valence-electron chi connectivity index (χ2n) is 11.9. The number of aliphatic carboxylic acids is 1. The number of carboxylic acids is 1. The van der Waals surface area contributed by atoms with Gasteiger partial charge in [0.15, 0.2) is 0 Å². The molecule has 1 saturated heterocycles. The van der Waals surface area contributed by atoms with Gasteiger partial charge in [-0.05, 0) is 86.2 Å². The number of nitrogens with one attached hydrogen (secondary N) is 1. The minimum absolute atomic E-state index is 0.0992. The Balaban J connectivity index is 1.42. The average molecular weight is 667 g/mol. The summed E-state index contributed by atoms with van der Waals surface area (Å²) in [4.78, 5) is 30.7. The molecule has 3 aromatic carbocycles. The van der Waals surface area contributed by atoms with Crippen molar-refractivity contribution < 1.29 is 24.2 Å². The van der Waals surface area contributed by atoms with Crippen molar-refractivity contribution >= 4 is 23.5 Å². The highest BCUT2D eigenvalue weighted by atomic mass is 35.5. The number of piperidine rings is 1. The lowest BCUT2D eigenvalue weighted by atomic mass is 9.91. The minimum Gasteiger partial charge on any atom is -0.488 e. The Bertz CT molecular complexity index is 1850. The highest BCUT2D eigenvalue weighted by Gasteiger charge is 2.29. The lowest BCUT2D eigenvalue weighted by Crippen LogP contribution is -2.44. The summed E-state index contributed by atoms with van der Waals surface area (Å²) in [5.74, 6) is -0.00837. The first-order chi connectivity index (χ1) is 23.2. The third kappa shape index (κ3) is 7.96. The second-order valence-corrected chi connectivity index (χ2v) is 12.3. The van der Waals surface area contributed by atoms with E-state index in [0.29, 0.717) is 53.7 Å². The first kappa shape index (κ1) is 34.4. The van der Waals surface area contributed by atoms with Crippen molar-refractivity contribution in [3.8, 4) is 28.7 Å². The summed E-state index contributed by atoms with van der Waals surface area (Å²) < 4.78 is 12.6. The van der Waals surface area contributed by atoms with Gasteiger partial charge in [0, 0.05) is 48.2 Å². The van der Waals surface area contributed by atoms with Gasteiger partial charge < -0.3 is 19.9 Å². The van der Waals surface area contributed by atoms with Crippen LogP contribution in [0.5, 0.6) is 11.5 Å². The molecule has 0 radical (unpaired) electrons. The molecule has 1 aliphatic heterocycles. The van der Waals surface area contributed by atoms with Gasteiger partial charge in [-0.25, -0.2) is 0 Å². The number of hydrogen-bond donors (Lipinski definition) is 2. The number of amides is 1. The summed E-state index contributed by atoms with van der Waals surface area (Å²) in [6.07, 6.45) is 5.50. The summed E-state index contributed by atoms with van der Waals surface area (Å²) >= 11 is 6.80. The molecule has 0 bridgehead atoms. The molecule has 1 aliphatic rings. The van der Waals surface area contributed by atoms with Gasteiger partial charge in [-0.3, -0.25) is 19.5 Å². The number of carbonyl (C=O) groups excluding carboxylic acids is 1. The topological polar surface area (TPSA) is 125 Å². The molecule has 248 valence electrons. The molecule has 4 aromatic rings. The van der Waals surface area contributed by atoms with Crippen LogP contribution in [0.4, 0.5) is 0 Å². The number of nitrogens with zero attached hydrogens (tertiary/aromatic N) is 3. The van der Waals surface area contributed by atoms with Crippen LogP contribution in [0.25, 0.3) is 11.1 Å². The fourth-order valence-electron chi connectivity index (χ4n) is 6.13. The third-order valence-electron chi connectivity index (χ3n) is 8.74. The number of nitriles is 1. The fraction of sp³-hybridized carbons (Fsp3) is 0.316. The zero-order chi connectivity index (χ0) is 34.2. The van der Waals surface area contributed by atoms with Crippen LogP contribution < -0.4 is 14.8 Å². The van der Waals surface area contributed by atoms with Crippen molar-refractivity contribution in [3.63, 3.8) is 0 Å². The Morgan fingerprint density at radius 3 is 2.50 bits per heavy atom. The van der Waals surface area contributed by atoms with E-state index in [1.54, 1.807) is 24.4 Å². The van der Waals surface area contributed by atoms with E-state index < -0.39 is 12.0 Å². The van der Waals surface area contributed by atoms with Crippen LogP contribution in [0, 0.1) is 25.2 Å². The maximum absolute atomic E-state index is 12.7. The van der Waals surface area contributed by atoms with Crippen molar-refractivity contribution in [1.82, 2.24) is 15.2 Å². The molecule has 0 spiro atoms. The second kappa shape index (κ2) is 15.8. The first-order valence-corrected chi connectivity index (χ1v) is 16.4. The van der Waals surface area contributed by atoms with Gasteiger partial charge in [-0.1, -0.05) is 48.4 Å². The molecule has 1 amide bonds. The number of halogens is 1. The summed E-state index contributed by atoms with van der Waals surface area (Å²) in [7, 11) is 0. The third-order valence-corrected chi connectivity index (χ3v) is 9.04. The molecule has 1 unspecified atom stereocenters. The predicted octanol–water partition coefficient (Wildman–Crippen LogP) is 7.24. The van der Waals surface area contributed by atoms with E-state index in [2.05, 4.69) is 16.4 Å². The molecule has 2 heterocycles. The summed E-state index contributed by atoms with van der Waals surface area (Å²) in [6, 6.07) is 18.5. The zero-order valence-corrected chi connectivity index (χ0v) is 28.1. The Morgan fingerprint density at radius 2 is 1.75 bits per heavy atom. The van der Waals surface area contributed by atoms with Crippen molar-refractivity contribution in [2.75, 3.05) is 13.1 Å². The SMILES string of the molecule is CCNC(=O)c1cccc(-c2cccc(COc3cc(OCc4cncc(C#N)c4)c(CN4CCCCC4C(=O)O)cc3Cl)c2C)c1C. The van der Waals surface area contributed by atoms with Crippen molar-refractivity contribution in [1.29, 1.82) is 5.26 Å². The quantitative estimate of drug-likeness (QED) is 0.162. The largest absolute Gasteiger partial charge is 0.488 e. The molecule has 48 heavy (non-hydrogen) atoms. The van der Waals surface area contributed by atoms with Gasteiger partial charge >= 0.3 is 5.97 Å². The summed E-state index contributed by atoms with van der Waals surface area (Å²) in [6.45, 7) is 7.82. The van der Waals surface area contributed by atoms with Crippen molar-refractivity contribution in [2.45, 2.75) is 65.8 Å². The molecular weight excluding hydrogens is 628 g/mol. The highest BCUT2D eigenvalue weighted by Crippen LogP contribution is 2.37. The van der Waals surface area contributed by atoms with Crippen LogP contribution in [0.15, 0.2) is 67.0 Å². The van der Waals surface area contributed by atoms with E-state index in [-0.39, 0.29) is 19.1 Å². The molecule has 1 fully saturated rings. The summed E-state index contributed by atoms with van der Waals surface area (Å²) in [5, 5.41) is 22.4. The maximum Gasteiger partial charge on any atom is 0.320 e. The maximum atomic E-state index is 12.7. The van der Waals surface area contributed by atoms with E-state index in [0.717, 1.165) is 51.8 Å². The highest BCUT2D eigenvalue weighted by molar-refractivity contribution is 6.32. The van der Waals surface area contributed by atoms with Crippen LogP contribution in [0.3, 0.4) is 0 Å². The minimum atomic E-state index is -0.841. The van der Waals surface area contributed by atoms with Gasteiger partial charge in [0.05, 0.1) is 10.6 Å². The van der Waals surface area contributed by atoms with Crippen molar-refractivity contribution in [3.05, 3.63) is 111 Å². The monoisotopic (exact) mass is 666 g/mol. The molecule has 10 heteroatoms. The molecular formula is C38H39ClN4O5. The molecule has 2 N–H and O–H groups in total. The fourth-order valence-corrected chi connectivity index (χ4v) is 6.37. The van der Waals surface area contributed by atoms with Crippen LogP contribution in [0.2, 0.25) is 5.02 Å². The lowest BCUT2D eigenvalue weighted by molar-refractivity contribution is -0.144. The Morgan fingerprint density at radius 1 is 1.00 bits per heavy atom. The number of hydrogen-bond acceptors (Lipinski definition) is 7. The number of pyridine rings is 1. The Labute approximate surface area is 286 Å². The summed E-state index contributed by atoms with van der Waals surface area (Å²) in [5.41, 5.74) is 7.39. The molecule has 1 aromatic heterocycles. The molecule has 0 aliphatic carbocycles. The number of benzene rings is 3. The zero-order valence-electron chi connectivity index (χ0n) is 27.4. The average Bonchev–Trinajstić information content (AvgIpc) is 3.08. The van der Waals surface area contributed by atoms with Crippen LogP contribution in [0.1, 0.15) is 69.9 Å². The molecule has 0 saturated carbocycles. The number of ether oxygens (including phenoxy) is 2. The Hall–Kier alpha value is -4.91. The Kier molecular flexibility index (Phi) is 11.3. The van der Waals surface area contributed by atoms with Gasteiger partial charge in [-0.15, -0.1) is 0 Å². The number of likely N-dealkylation sites (tertiary alicyclic amines) is 1. The number of carboxylic acid groups (broad SMARTS) is 1. The van der Waals surface area contributed by atoms with Gasteiger partial charge in [0.2, 0.25) is 0 Å². The van der Waals surface area contributed by atoms with Gasteiger partial charge in [-0.2, -0.15) is 5.26 Å². The number of rotatable bonds is 12. The van der Waals surface area contributed by atoms with Crippen LogP contribution in [-0.4, -0.2) is 46.0 Å². The van der Waals surface area contributed by atoms with E-state index in [1.807, 2.05) is 62.1 Å².